The average molecular weight is 532 g/mol. The van der Waals surface area contributed by atoms with Gasteiger partial charge in [0.2, 0.25) is 0 Å². The lowest BCUT2D eigenvalue weighted by molar-refractivity contribution is -0.235. The quantitative estimate of drug-likeness (QED) is 0.211. The van der Waals surface area contributed by atoms with Crippen LogP contribution in [0.2, 0.25) is 0 Å². The number of aromatic nitrogens is 2. The van der Waals surface area contributed by atoms with Gasteiger partial charge in [-0.2, -0.15) is 4.31 Å². The van der Waals surface area contributed by atoms with Gasteiger partial charge in [0.1, 0.15) is 18.4 Å². The smallest absolute Gasteiger partial charge is 0.390 e. The van der Waals surface area contributed by atoms with E-state index in [-0.39, 0.29) is 18.4 Å². The number of hydrogen-bond donors (Lipinski definition) is 6. The molecule has 2 aliphatic heterocycles. The second-order valence-corrected chi connectivity index (χ2v) is 10.9. The number of nitrogens with one attached hydrogen (secondary N) is 1. The minimum absolute atomic E-state index is 0.0225. The summed E-state index contributed by atoms with van der Waals surface area (Å²) < 4.78 is 49.2. The predicted molar refractivity (Wildman–Crippen MR) is 109 cm³/mol. The van der Waals surface area contributed by atoms with Crippen molar-refractivity contribution in [1.29, 1.82) is 0 Å². The fourth-order valence-electron chi connectivity index (χ4n) is 3.42. The third-order valence-electron chi connectivity index (χ3n) is 5.12. The zero-order chi connectivity index (χ0) is 25.4. The Labute approximate surface area is 191 Å². The molecule has 2 fully saturated rings. The van der Waals surface area contributed by atoms with Crippen molar-refractivity contribution in [2.75, 3.05) is 6.61 Å². The van der Waals surface area contributed by atoms with Crippen LogP contribution in [-0.2, 0) is 32.0 Å². The number of aliphatic hydroxyl groups excluding tert-OH is 3. The van der Waals surface area contributed by atoms with Crippen LogP contribution in [0.3, 0.4) is 0 Å². The fraction of sp³-hybridized carbons (Fsp3) is 0.750. The molecule has 18 heteroatoms. The van der Waals surface area contributed by atoms with Crippen LogP contribution < -0.4 is 11.2 Å². The van der Waals surface area contributed by atoms with Crippen LogP contribution in [0, 0.1) is 6.92 Å². The van der Waals surface area contributed by atoms with E-state index in [0.717, 1.165) is 4.57 Å². The molecule has 0 spiro atoms. The molecule has 0 aromatic carbocycles. The largest absolute Gasteiger partial charge is 0.483 e. The van der Waals surface area contributed by atoms with Gasteiger partial charge in [-0.05, 0) is 13.8 Å². The monoisotopic (exact) mass is 532 g/mol. The molecule has 3 heterocycles. The molecule has 0 aliphatic carbocycles. The molecule has 0 saturated carbocycles. The second kappa shape index (κ2) is 10.4. The number of phosphoric acid groups is 2. The highest BCUT2D eigenvalue weighted by molar-refractivity contribution is 7.61. The van der Waals surface area contributed by atoms with Gasteiger partial charge in [0.25, 0.3) is 5.56 Å². The molecule has 34 heavy (non-hydrogen) atoms. The maximum Gasteiger partial charge on any atom is 0.483 e. The first-order valence-electron chi connectivity index (χ1n) is 10.0. The average Bonchev–Trinajstić information content (AvgIpc) is 3.06. The van der Waals surface area contributed by atoms with Crippen molar-refractivity contribution in [3.05, 3.63) is 32.6 Å². The minimum Gasteiger partial charge on any atom is -0.390 e. The molecule has 0 amide bonds. The summed E-state index contributed by atoms with van der Waals surface area (Å²) in [7, 11) is -10.6. The molecule has 16 nitrogen and oxygen atoms in total. The van der Waals surface area contributed by atoms with E-state index in [9.17, 15) is 43.8 Å². The highest BCUT2D eigenvalue weighted by Gasteiger charge is 2.45. The van der Waals surface area contributed by atoms with Crippen LogP contribution in [-0.4, -0.2) is 78.1 Å². The van der Waals surface area contributed by atoms with E-state index >= 15 is 0 Å². The van der Waals surface area contributed by atoms with E-state index in [4.69, 9.17) is 9.47 Å². The number of nitrogens with zero attached hydrogens (tertiary/aromatic N) is 1. The van der Waals surface area contributed by atoms with Crippen molar-refractivity contribution < 1.29 is 57.1 Å². The van der Waals surface area contributed by atoms with Crippen molar-refractivity contribution in [2.24, 2.45) is 0 Å². The molecule has 1 aromatic heterocycles. The Balaban J connectivity index is 1.58. The lowest BCUT2D eigenvalue weighted by Gasteiger charge is -2.35. The summed E-state index contributed by atoms with van der Waals surface area (Å²) >= 11 is 0. The van der Waals surface area contributed by atoms with Gasteiger partial charge in [0.05, 0.1) is 24.9 Å². The summed E-state index contributed by atoms with van der Waals surface area (Å²) in [6, 6.07) is 0. The first-order valence-corrected chi connectivity index (χ1v) is 13.0. The maximum atomic E-state index is 12.1. The Morgan fingerprint density at radius 2 is 1.79 bits per heavy atom. The van der Waals surface area contributed by atoms with Gasteiger partial charge in [-0.25, -0.2) is 13.9 Å². The number of phosphoric ester groups is 2. The van der Waals surface area contributed by atoms with Gasteiger partial charge >= 0.3 is 21.3 Å². The molecule has 1 aromatic rings. The van der Waals surface area contributed by atoms with Crippen molar-refractivity contribution in [3.8, 4) is 0 Å². The molecule has 194 valence electrons. The molecule has 0 bridgehead atoms. The predicted octanol–water partition coefficient (Wildman–Crippen LogP) is -1.40. The van der Waals surface area contributed by atoms with E-state index in [1.54, 1.807) is 0 Å². The van der Waals surface area contributed by atoms with E-state index in [0.29, 0.717) is 0 Å². The molecule has 9 atom stereocenters. The van der Waals surface area contributed by atoms with Crippen LogP contribution in [0.1, 0.15) is 31.6 Å². The van der Waals surface area contributed by atoms with Crippen LogP contribution >= 0.6 is 15.6 Å². The van der Waals surface area contributed by atoms with Gasteiger partial charge < -0.3 is 34.6 Å². The summed E-state index contributed by atoms with van der Waals surface area (Å²) in [4.78, 5) is 45.2. The summed E-state index contributed by atoms with van der Waals surface area (Å²) in [5.74, 6) is 0. The summed E-state index contributed by atoms with van der Waals surface area (Å²) in [6.07, 6.45) is -7.97. The van der Waals surface area contributed by atoms with Crippen molar-refractivity contribution in [1.82, 2.24) is 9.55 Å². The first kappa shape index (κ1) is 27.3. The summed E-state index contributed by atoms with van der Waals surface area (Å²) in [5, 5.41) is 29.7. The molecular weight excluding hydrogens is 506 g/mol. The molecular formula is C16H26N2O14P2. The van der Waals surface area contributed by atoms with E-state index in [1.165, 1.54) is 20.0 Å². The molecule has 6 N–H and O–H groups in total. The van der Waals surface area contributed by atoms with E-state index in [1.807, 2.05) is 0 Å². The molecule has 0 radical (unpaired) electrons. The fourth-order valence-corrected chi connectivity index (χ4v) is 5.58. The van der Waals surface area contributed by atoms with Crippen molar-refractivity contribution in [2.45, 2.75) is 69.7 Å². The zero-order valence-corrected chi connectivity index (χ0v) is 19.8. The van der Waals surface area contributed by atoms with Crippen LogP contribution in [0.15, 0.2) is 15.8 Å². The molecule has 3 rings (SSSR count). The van der Waals surface area contributed by atoms with Gasteiger partial charge in [-0.15, -0.1) is 0 Å². The Morgan fingerprint density at radius 1 is 1.12 bits per heavy atom. The summed E-state index contributed by atoms with van der Waals surface area (Å²) in [6.45, 7) is 2.16. The van der Waals surface area contributed by atoms with Crippen LogP contribution in [0.5, 0.6) is 0 Å². The lowest BCUT2D eigenvalue weighted by Crippen LogP contribution is -2.48. The number of H-pyrrole nitrogens is 1. The van der Waals surface area contributed by atoms with Gasteiger partial charge in [0, 0.05) is 24.6 Å². The second-order valence-electron chi connectivity index (χ2n) is 7.94. The Kier molecular flexibility index (Phi) is 8.35. The Morgan fingerprint density at radius 3 is 2.47 bits per heavy atom. The SMILES string of the molecule is Cc1cn([C@H]2CC(O)[C@@H](COP(=O)(O)OP(=O)(O)O[C@H]3OC(C)CC(O)C3O)O2)c(=O)[nH]c1=O. The first-order chi connectivity index (χ1) is 15.7. The number of aryl methyl sites for hydroxylation is 1. The standard InChI is InChI=1S/C16H26N2O14P2/c1-7-5-18(16(23)17-14(7)22)12-4-9(19)11(30-12)6-28-33(24,25)32-34(26,27)31-15-13(21)10(20)3-8(2)29-15/h5,8-13,15,19-21H,3-4,6H2,1-2H3,(H,24,25)(H,26,27)(H,17,22,23)/t8?,9?,10?,11-,12-,13?,15-/m1/s1. The maximum absolute atomic E-state index is 12.1. The van der Waals surface area contributed by atoms with Crippen LogP contribution in [0.25, 0.3) is 0 Å². The zero-order valence-electron chi connectivity index (χ0n) is 18.0. The van der Waals surface area contributed by atoms with Gasteiger partial charge in [0.15, 0.2) is 6.29 Å². The van der Waals surface area contributed by atoms with Crippen LogP contribution in [0.4, 0.5) is 0 Å². The number of hydrogen-bond acceptors (Lipinski definition) is 12. The molecule has 2 aliphatic rings. The van der Waals surface area contributed by atoms with Crippen molar-refractivity contribution >= 4 is 15.6 Å². The number of ether oxygens (including phenoxy) is 2. The lowest BCUT2D eigenvalue weighted by atomic mass is 10.0. The Hall–Kier alpha value is -1.26. The highest BCUT2D eigenvalue weighted by atomic mass is 31.3. The third kappa shape index (κ3) is 6.69. The Bertz CT molecular complexity index is 1090. The van der Waals surface area contributed by atoms with E-state index in [2.05, 4.69) is 18.3 Å². The normalized spacial score (nSPS) is 35.6. The van der Waals surface area contributed by atoms with Gasteiger partial charge in [-0.3, -0.25) is 23.4 Å². The molecule has 6 unspecified atom stereocenters. The van der Waals surface area contributed by atoms with Crippen molar-refractivity contribution in [3.63, 3.8) is 0 Å². The minimum atomic E-state index is -5.34. The number of aromatic amines is 1. The number of aliphatic hydroxyl groups is 3. The third-order valence-corrected chi connectivity index (χ3v) is 7.72. The van der Waals surface area contributed by atoms with E-state index < -0.39 is 76.5 Å². The van der Waals surface area contributed by atoms with Gasteiger partial charge in [-0.1, -0.05) is 0 Å². The highest BCUT2D eigenvalue weighted by Crippen LogP contribution is 2.61. The summed E-state index contributed by atoms with van der Waals surface area (Å²) in [5.41, 5.74) is -1.18. The molecule has 2 saturated heterocycles. The topological polar surface area (TPSA) is 236 Å². The number of rotatable bonds is 8.